The van der Waals surface area contributed by atoms with E-state index < -0.39 is 23.2 Å². The van der Waals surface area contributed by atoms with Crippen molar-refractivity contribution in [1.82, 2.24) is 19.8 Å². The van der Waals surface area contributed by atoms with Gasteiger partial charge in [-0.15, -0.1) is 0 Å². The van der Waals surface area contributed by atoms with Gasteiger partial charge in [0.15, 0.2) is 0 Å². The first-order chi connectivity index (χ1) is 11.5. The van der Waals surface area contributed by atoms with Gasteiger partial charge in [-0.1, -0.05) is 12.1 Å². The summed E-state index contributed by atoms with van der Waals surface area (Å²) in [6.45, 7) is 1.41. The summed E-state index contributed by atoms with van der Waals surface area (Å²) in [5.41, 5.74) is -0.768. The van der Waals surface area contributed by atoms with Crippen LogP contribution in [-0.4, -0.2) is 40.0 Å². The van der Waals surface area contributed by atoms with Crippen LogP contribution in [0.1, 0.15) is 22.0 Å². The third-order valence-corrected chi connectivity index (χ3v) is 4.08. The van der Waals surface area contributed by atoms with Crippen molar-refractivity contribution in [3.63, 3.8) is 0 Å². The van der Waals surface area contributed by atoms with E-state index in [0.29, 0.717) is 25.2 Å². The van der Waals surface area contributed by atoms with Crippen LogP contribution in [0.15, 0.2) is 40.1 Å². The Bertz CT molecular complexity index is 889. The second-order valence-corrected chi connectivity index (χ2v) is 5.69. The molecule has 3 rings (SSSR count). The van der Waals surface area contributed by atoms with E-state index in [0.717, 1.165) is 4.57 Å². The van der Waals surface area contributed by atoms with Gasteiger partial charge in [0.2, 0.25) is 0 Å². The fraction of sp³-hybridized carbons (Fsp3) is 0.312. The van der Waals surface area contributed by atoms with Crippen molar-refractivity contribution in [2.24, 2.45) is 7.05 Å². The standard InChI is InChI=1S/C16H17FN4O3/c1-20-9-12(14(22)19-16(20)24)15(23)21-6-5-18-8-13(21)10-3-2-4-11(17)7-10/h2-4,7,9,13,18H,5-6,8H2,1H3,(H,19,22,24). The minimum Gasteiger partial charge on any atom is -0.329 e. The molecule has 0 spiro atoms. The summed E-state index contributed by atoms with van der Waals surface area (Å²) < 4.78 is 14.7. The first-order valence-corrected chi connectivity index (χ1v) is 7.54. The molecule has 7 nitrogen and oxygen atoms in total. The lowest BCUT2D eigenvalue weighted by atomic mass is 10.0. The van der Waals surface area contributed by atoms with Gasteiger partial charge in [-0.05, 0) is 17.7 Å². The number of aryl methyl sites for hydroxylation is 1. The van der Waals surface area contributed by atoms with Crippen molar-refractivity contribution in [2.75, 3.05) is 19.6 Å². The molecule has 0 saturated carbocycles. The van der Waals surface area contributed by atoms with Gasteiger partial charge in [-0.2, -0.15) is 0 Å². The van der Waals surface area contributed by atoms with Crippen LogP contribution in [0.2, 0.25) is 0 Å². The highest BCUT2D eigenvalue weighted by atomic mass is 19.1. The molecule has 2 aromatic rings. The van der Waals surface area contributed by atoms with Crippen LogP contribution < -0.4 is 16.6 Å². The van der Waals surface area contributed by atoms with Gasteiger partial charge in [0.25, 0.3) is 11.5 Å². The molecule has 1 aromatic carbocycles. The second kappa shape index (κ2) is 6.40. The number of benzene rings is 1. The highest BCUT2D eigenvalue weighted by Crippen LogP contribution is 2.24. The van der Waals surface area contributed by atoms with Gasteiger partial charge in [0.05, 0.1) is 6.04 Å². The molecule has 1 aliphatic heterocycles. The smallest absolute Gasteiger partial charge is 0.328 e. The van der Waals surface area contributed by atoms with Crippen LogP contribution in [0.25, 0.3) is 0 Å². The Morgan fingerprint density at radius 1 is 1.33 bits per heavy atom. The van der Waals surface area contributed by atoms with Crippen LogP contribution in [0.3, 0.4) is 0 Å². The molecule has 1 aromatic heterocycles. The number of H-pyrrole nitrogens is 1. The summed E-state index contributed by atoms with van der Waals surface area (Å²) >= 11 is 0. The Kier molecular flexibility index (Phi) is 4.30. The molecule has 24 heavy (non-hydrogen) atoms. The number of rotatable bonds is 2. The minimum absolute atomic E-state index is 0.111. The van der Waals surface area contributed by atoms with Crippen LogP contribution in [0.5, 0.6) is 0 Å². The zero-order valence-electron chi connectivity index (χ0n) is 13.1. The largest absolute Gasteiger partial charge is 0.329 e. The number of halogens is 1. The highest BCUT2D eigenvalue weighted by Gasteiger charge is 2.30. The highest BCUT2D eigenvalue weighted by molar-refractivity contribution is 5.94. The Morgan fingerprint density at radius 2 is 2.12 bits per heavy atom. The van der Waals surface area contributed by atoms with E-state index in [2.05, 4.69) is 10.3 Å². The zero-order chi connectivity index (χ0) is 17.3. The molecule has 1 fully saturated rings. The fourth-order valence-corrected chi connectivity index (χ4v) is 2.83. The number of piperazine rings is 1. The molecular formula is C16H17FN4O3. The summed E-state index contributed by atoms with van der Waals surface area (Å²) in [5, 5.41) is 3.17. The van der Waals surface area contributed by atoms with E-state index in [1.165, 1.54) is 30.3 Å². The number of aromatic amines is 1. The molecule has 0 bridgehead atoms. The lowest BCUT2D eigenvalue weighted by Gasteiger charge is -2.36. The Morgan fingerprint density at radius 3 is 2.88 bits per heavy atom. The van der Waals surface area contributed by atoms with E-state index in [9.17, 15) is 18.8 Å². The number of aromatic nitrogens is 2. The summed E-state index contributed by atoms with van der Waals surface area (Å²) in [7, 11) is 1.46. The molecule has 2 N–H and O–H groups in total. The number of nitrogens with one attached hydrogen (secondary N) is 2. The third kappa shape index (κ3) is 3.00. The predicted molar refractivity (Wildman–Crippen MR) is 85.4 cm³/mol. The quantitative estimate of drug-likeness (QED) is 0.810. The van der Waals surface area contributed by atoms with Crippen LogP contribution in [-0.2, 0) is 7.05 Å². The Labute approximate surface area is 136 Å². The van der Waals surface area contributed by atoms with Gasteiger partial charge >= 0.3 is 5.69 Å². The molecule has 1 amide bonds. The molecule has 0 aliphatic carbocycles. The zero-order valence-corrected chi connectivity index (χ0v) is 13.1. The SMILES string of the molecule is Cn1cc(C(=O)N2CCNCC2c2cccc(F)c2)c(=O)[nH]c1=O. The summed E-state index contributed by atoms with van der Waals surface area (Å²) in [4.78, 5) is 39.9. The van der Waals surface area contributed by atoms with Crippen molar-refractivity contribution in [1.29, 1.82) is 0 Å². The molecular weight excluding hydrogens is 315 g/mol. The van der Waals surface area contributed by atoms with Gasteiger partial charge in [0, 0.05) is 32.9 Å². The van der Waals surface area contributed by atoms with Crippen LogP contribution in [0.4, 0.5) is 4.39 Å². The average Bonchev–Trinajstić information content (AvgIpc) is 2.57. The molecule has 1 saturated heterocycles. The molecule has 8 heteroatoms. The van der Waals surface area contributed by atoms with Crippen LogP contribution in [0, 0.1) is 5.82 Å². The Balaban J connectivity index is 1.99. The van der Waals surface area contributed by atoms with Gasteiger partial charge < -0.3 is 14.8 Å². The van der Waals surface area contributed by atoms with Crippen molar-refractivity contribution < 1.29 is 9.18 Å². The summed E-state index contributed by atoms with van der Waals surface area (Å²) in [5.74, 6) is -0.868. The molecule has 126 valence electrons. The third-order valence-electron chi connectivity index (χ3n) is 4.08. The van der Waals surface area contributed by atoms with E-state index >= 15 is 0 Å². The number of carbonyl (C=O) groups is 1. The van der Waals surface area contributed by atoms with Crippen LogP contribution >= 0.6 is 0 Å². The van der Waals surface area contributed by atoms with Gasteiger partial charge in [-0.3, -0.25) is 14.6 Å². The number of amides is 1. The summed E-state index contributed by atoms with van der Waals surface area (Å²) in [6.07, 6.45) is 1.23. The topological polar surface area (TPSA) is 87.2 Å². The maximum Gasteiger partial charge on any atom is 0.328 e. The average molecular weight is 332 g/mol. The molecule has 1 atom stereocenters. The number of hydrogen-bond donors (Lipinski definition) is 2. The van der Waals surface area contributed by atoms with E-state index in [-0.39, 0.29) is 11.4 Å². The number of carbonyl (C=O) groups excluding carboxylic acids is 1. The maximum atomic E-state index is 13.5. The number of nitrogens with zero attached hydrogens (tertiary/aromatic N) is 2. The first-order valence-electron chi connectivity index (χ1n) is 7.54. The maximum absolute atomic E-state index is 13.5. The van der Waals surface area contributed by atoms with Crippen molar-refractivity contribution in [3.8, 4) is 0 Å². The second-order valence-electron chi connectivity index (χ2n) is 5.69. The minimum atomic E-state index is -0.723. The Hall–Kier alpha value is -2.74. The molecule has 2 heterocycles. The van der Waals surface area contributed by atoms with Crippen molar-refractivity contribution in [2.45, 2.75) is 6.04 Å². The van der Waals surface area contributed by atoms with Crippen molar-refractivity contribution in [3.05, 3.63) is 68.2 Å². The summed E-state index contributed by atoms with van der Waals surface area (Å²) in [6, 6.07) is 5.65. The first kappa shape index (κ1) is 16.1. The lowest BCUT2D eigenvalue weighted by Crippen LogP contribution is -2.50. The van der Waals surface area contributed by atoms with Gasteiger partial charge in [-0.25, -0.2) is 9.18 Å². The van der Waals surface area contributed by atoms with Crippen molar-refractivity contribution >= 4 is 5.91 Å². The normalized spacial score (nSPS) is 17.8. The fourth-order valence-electron chi connectivity index (χ4n) is 2.83. The predicted octanol–water partition coefficient (Wildman–Crippen LogP) is -0.000600. The molecule has 1 unspecified atom stereocenters. The molecule has 1 aliphatic rings. The van der Waals surface area contributed by atoms with E-state index in [1.807, 2.05) is 0 Å². The van der Waals surface area contributed by atoms with E-state index in [4.69, 9.17) is 0 Å². The monoisotopic (exact) mass is 332 g/mol. The lowest BCUT2D eigenvalue weighted by molar-refractivity contribution is 0.0631. The molecule has 0 radical (unpaired) electrons. The number of hydrogen-bond acceptors (Lipinski definition) is 4. The van der Waals surface area contributed by atoms with Gasteiger partial charge in [0.1, 0.15) is 11.4 Å². The van der Waals surface area contributed by atoms with E-state index in [1.54, 1.807) is 12.1 Å².